The molecule has 7 N–H and O–H groups in total. The first-order valence-electron chi connectivity index (χ1n) is 19.0. The molecule has 6 aliphatic rings. The second-order valence-electron chi connectivity index (χ2n) is 16.4. The van der Waals surface area contributed by atoms with Gasteiger partial charge in [0, 0.05) is 18.8 Å². The lowest BCUT2D eigenvalue weighted by Gasteiger charge is -2.62. The summed E-state index contributed by atoms with van der Waals surface area (Å²) in [6, 6.07) is 0. The van der Waals surface area contributed by atoms with Gasteiger partial charge in [-0.05, 0) is 75.2 Å². The van der Waals surface area contributed by atoms with Gasteiger partial charge in [-0.3, -0.25) is 14.4 Å². The van der Waals surface area contributed by atoms with Crippen LogP contribution in [0, 0.1) is 47.3 Å². The maximum Gasteiger partial charge on any atom is 0.342 e. The molecule has 9 unspecified atom stereocenters. The average Bonchev–Trinajstić information content (AvgIpc) is 3.08. The van der Waals surface area contributed by atoms with Gasteiger partial charge in [-0.15, -0.1) is 0 Å². The number of aliphatic hydroxyl groups excluding tert-OH is 3. The van der Waals surface area contributed by atoms with E-state index in [1.807, 2.05) is 19.1 Å². The molecule has 288 valence electrons. The van der Waals surface area contributed by atoms with Crippen molar-refractivity contribution < 1.29 is 64.4 Å². The van der Waals surface area contributed by atoms with Crippen LogP contribution in [0.15, 0.2) is 35.3 Å². The summed E-state index contributed by atoms with van der Waals surface area (Å²) < 4.78 is 11.3. The van der Waals surface area contributed by atoms with Crippen LogP contribution >= 0.6 is 0 Å². The third-order valence-corrected chi connectivity index (χ3v) is 13.4. The van der Waals surface area contributed by atoms with Crippen molar-refractivity contribution in [3.05, 3.63) is 35.3 Å². The van der Waals surface area contributed by atoms with Crippen molar-refractivity contribution in [2.24, 2.45) is 47.3 Å². The highest BCUT2D eigenvalue weighted by atomic mass is 16.5. The van der Waals surface area contributed by atoms with Crippen LogP contribution in [0.1, 0.15) is 90.4 Å². The van der Waals surface area contributed by atoms with Crippen LogP contribution in [-0.4, -0.2) is 102 Å². The summed E-state index contributed by atoms with van der Waals surface area (Å²) in [6.45, 7) is 2.14. The third kappa shape index (κ3) is 6.44. The number of allylic oxidation sites excluding steroid dienone is 3. The molecule has 0 aromatic carbocycles. The van der Waals surface area contributed by atoms with Gasteiger partial charge in [0.05, 0.1) is 48.9 Å². The zero-order chi connectivity index (χ0) is 37.7. The SMILES string of the molecule is CCOC(=O)C(CCC1CC=C(OC)C(C2C=CC(O)C3C(=O)C4C(O)[C@]5(O)C(O)=C(C(=O)O)C(=O)C[C@]5(O)C[C@]4(O)CC23)C1)CC1CCCCC1. The summed E-state index contributed by atoms with van der Waals surface area (Å²) in [5.41, 5.74) is -9.26. The molecule has 52 heavy (non-hydrogen) atoms. The molecule has 0 amide bonds. The molecular formula is C39H54O13. The first-order chi connectivity index (χ1) is 24.6. The highest BCUT2D eigenvalue weighted by molar-refractivity contribution is 6.18. The van der Waals surface area contributed by atoms with Crippen LogP contribution in [0.4, 0.5) is 0 Å². The van der Waals surface area contributed by atoms with Gasteiger partial charge in [0.15, 0.2) is 11.4 Å². The first-order valence-corrected chi connectivity index (χ1v) is 19.0. The van der Waals surface area contributed by atoms with Gasteiger partial charge in [0.2, 0.25) is 0 Å². The molecule has 3 fully saturated rings. The Balaban J connectivity index is 1.26. The van der Waals surface area contributed by atoms with Gasteiger partial charge >= 0.3 is 11.9 Å². The lowest BCUT2D eigenvalue weighted by Crippen LogP contribution is -2.78. The second-order valence-corrected chi connectivity index (χ2v) is 16.4. The number of carbonyl (C=O) groups excluding carboxylic acids is 3. The number of carboxylic acids is 1. The normalized spacial score (nSPS) is 41.3. The number of carboxylic acid groups (broad SMARTS) is 1. The molecule has 0 aromatic heterocycles. The number of carbonyl (C=O) groups is 4. The van der Waals surface area contributed by atoms with E-state index in [0.717, 1.165) is 32.1 Å². The molecule has 13 nitrogen and oxygen atoms in total. The molecule has 0 radical (unpaired) electrons. The fraction of sp³-hybridized carbons (Fsp3) is 0.744. The fourth-order valence-corrected chi connectivity index (χ4v) is 11.0. The number of ether oxygens (including phenoxy) is 2. The second kappa shape index (κ2) is 14.6. The van der Waals surface area contributed by atoms with Gasteiger partial charge in [-0.2, -0.15) is 0 Å². The van der Waals surface area contributed by atoms with E-state index in [4.69, 9.17) is 9.47 Å². The predicted molar refractivity (Wildman–Crippen MR) is 183 cm³/mol. The first kappa shape index (κ1) is 38.6. The number of Topliss-reactive ketones (excluding diaryl/α,β-unsaturated/α-hetero) is 2. The fourth-order valence-electron chi connectivity index (χ4n) is 11.0. The molecule has 0 heterocycles. The van der Waals surface area contributed by atoms with Gasteiger partial charge in [0.25, 0.3) is 0 Å². The highest BCUT2D eigenvalue weighted by Gasteiger charge is 2.75. The van der Waals surface area contributed by atoms with E-state index in [1.54, 1.807) is 7.11 Å². The van der Waals surface area contributed by atoms with E-state index in [0.29, 0.717) is 31.1 Å². The van der Waals surface area contributed by atoms with Gasteiger partial charge in [-0.1, -0.05) is 44.3 Å². The van der Waals surface area contributed by atoms with Crippen molar-refractivity contribution in [3.63, 3.8) is 0 Å². The lowest BCUT2D eigenvalue weighted by atomic mass is 9.47. The number of esters is 1. The molecule has 0 bridgehead atoms. The molecule has 6 rings (SSSR count). The molecule has 0 spiro atoms. The molecule has 13 heteroatoms. The maximum atomic E-state index is 14.4. The van der Waals surface area contributed by atoms with Crippen molar-refractivity contribution in [1.29, 1.82) is 0 Å². The third-order valence-electron chi connectivity index (χ3n) is 13.4. The minimum Gasteiger partial charge on any atom is -0.508 e. The minimum atomic E-state index is -3.15. The molecule has 6 aliphatic carbocycles. The van der Waals surface area contributed by atoms with Crippen molar-refractivity contribution in [3.8, 4) is 0 Å². The summed E-state index contributed by atoms with van der Waals surface area (Å²) in [4.78, 5) is 52.0. The average molecular weight is 731 g/mol. The van der Waals surface area contributed by atoms with Gasteiger partial charge < -0.3 is 45.2 Å². The summed E-state index contributed by atoms with van der Waals surface area (Å²) in [7, 11) is 1.56. The summed E-state index contributed by atoms with van der Waals surface area (Å²) in [5, 5.41) is 78.7. The van der Waals surface area contributed by atoms with Crippen molar-refractivity contribution >= 4 is 23.5 Å². The Morgan fingerprint density at radius 3 is 2.40 bits per heavy atom. The van der Waals surface area contributed by atoms with E-state index in [-0.39, 0.29) is 30.1 Å². The van der Waals surface area contributed by atoms with Gasteiger partial charge in [0.1, 0.15) is 28.8 Å². The zero-order valence-electron chi connectivity index (χ0n) is 30.0. The van der Waals surface area contributed by atoms with E-state index in [1.165, 1.54) is 25.3 Å². The number of aliphatic hydroxyl groups is 6. The Hall–Kier alpha value is -3.10. The van der Waals surface area contributed by atoms with Crippen molar-refractivity contribution in [2.75, 3.05) is 13.7 Å². The standard InChI is InChI=1S/C39H54O13/c1-3-52-36(47)22(15-20-7-5-4-6-8-20)11-9-21-10-14-28(51-2)24(16-21)23-12-13-26(40)29-25(23)17-37(48)19-38(49)18-27(41)30(35(45)46)33(43)39(38,50)34(44)31(37)32(29)42/h12-14,20-26,29,31,34,40,43-44,48-50H,3-11,15-19H2,1-2H3,(H,45,46)/t21?,22?,23?,24?,25?,26?,29?,31?,34?,37-,38+,39-/m1/s1. The maximum absolute atomic E-state index is 14.4. The Morgan fingerprint density at radius 2 is 1.75 bits per heavy atom. The molecule has 0 aliphatic heterocycles. The monoisotopic (exact) mass is 730 g/mol. The predicted octanol–water partition coefficient (Wildman–Crippen LogP) is 2.67. The number of hydrogen-bond donors (Lipinski definition) is 7. The highest BCUT2D eigenvalue weighted by Crippen LogP contribution is 2.60. The molecule has 3 saturated carbocycles. The number of rotatable bonds is 10. The van der Waals surface area contributed by atoms with Crippen LogP contribution in [0.25, 0.3) is 0 Å². The minimum absolute atomic E-state index is 0.157. The van der Waals surface area contributed by atoms with E-state index in [2.05, 4.69) is 0 Å². The Labute approximate surface area is 303 Å². The molecular weight excluding hydrogens is 676 g/mol. The summed E-state index contributed by atoms with van der Waals surface area (Å²) in [5.74, 6) is -8.75. The van der Waals surface area contributed by atoms with E-state index >= 15 is 0 Å². The number of methoxy groups -OCH3 is 1. The largest absolute Gasteiger partial charge is 0.508 e. The molecule has 0 saturated heterocycles. The number of ketones is 2. The van der Waals surface area contributed by atoms with Crippen LogP contribution < -0.4 is 0 Å². The summed E-state index contributed by atoms with van der Waals surface area (Å²) in [6.07, 6.45) is 9.02. The van der Waals surface area contributed by atoms with E-state index in [9.17, 15) is 54.9 Å². The Bertz CT molecular complexity index is 1530. The van der Waals surface area contributed by atoms with Crippen LogP contribution in [-0.2, 0) is 28.7 Å². The van der Waals surface area contributed by atoms with Crippen LogP contribution in [0.2, 0.25) is 0 Å². The zero-order valence-corrected chi connectivity index (χ0v) is 30.0. The lowest BCUT2D eigenvalue weighted by molar-refractivity contribution is -0.287. The Kier molecular flexibility index (Phi) is 10.9. The smallest absolute Gasteiger partial charge is 0.342 e. The topological polar surface area (TPSA) is 228 Å². The number of aliphatic carboxylic acids is 1. The Morgan fingerprint density at radius 1 is 1.04 bits per heavy atom. The van der Waals surface area contributed by atoms with Crippen molar-refractivity contribution in [2.45, 2.75) is 119 Å². The molecule has 12 atom stereocenters. The van der Waals surface area contributed by atoms with Crippen LogP contribution in [0.3, 0.4) is 0 Å². The van der Waals surface area contributed by atoms with Gasteiger partial charge in [-0.25, -0.2) is 4.79 Å². The molecule has 0 aromatic rings. The number of hydrogen-bond acceptors (Lipinski definition) is 12. The quantitative estimate of drug-likeness (QED) is 0.0976. The number of fused-ring (bicyclic) bond motifs is 3. The summed E-state index contributed by atoms with van der Waals surface area (Å²) >= 11 is 0. The van der Waals surface area contributed by atoms with Crippen LogP contribution in [0.5, 0.6) is 0 Å². The van der Waals surface area contributed by atoms with E-state index < -0.39 is 94.4 Å². The van der Waals surface area contributed by atoms with Crippen molar-refractivity contribution in [1.82, 2.24) is 0 Å².